The Bertz CT molecular complexity index is 569. The Morgan fingerprint density at radius 1 is 1.30 bits per heavy atom. The van der Waals surface area contributed by atoms with Gasteiger partial charge in [0.25, 0.3) is 0 Å². The van der Waals surface area contributed by atoms with Crippen LogP contribution in [0.5, 0.6) is 5.75 Å². The fraction of sp³-hybridized carbons (Fsp3) is 0.529. The lowest BCUT2D eigenvalue weighted by atomic mass is 10.2. The molecule has 2 aromatic rings. The van der Waals surface area contributed by atoms with Crippen molar-refractivity contribution in [1.29, 1.82) is 0 Å². The summed E-state index contributed by atoms with van der Waals surface area (Å²) >= 11 is 0. The van der Waals surface area contributed by atoms with Crippen LogP contribution in [0.3, 0.4) is 0 Å². The summed E-state index contributed by atoms with van der Waals surface area (Å²) in [5, 5.41) is 4.76. The van der Waals surface area contributed by atoms with E-state index >= 15 is 0 Å². The summed E-state index contributed by atoms with van der Waals surface area (Å²) in [6, 6.07) is 8.46. The van der Waals surface area contributed by atoms with Gasteiger partial charge in [-0.1, -0.05) is 6.07 Å². The minimum Gasteiger partial charge on any atom is -0.490 e. The first kappa shape index (κ1) is 13.5. The minimum absolute atomic E-state index is 0.212. The van der Waals surface area contributed by atoms with Crippen LogP contribution in [0.4, 0.5) is 0 Å². The van der Waals surface area contributed by atoms with Gasteiger partial charge in [-0.05, 0) is 57.4 Å². The summed E-state index contributed by atoms with van der Waals surface area (Å²) < 4.78 is 8.19. The van der Waals surface area contributed by atoms with E-state index in [0.29, 0.717) is 0 Å². The van der Waals surface area contributed by atoms with Crippen molar-refractivity contribution in [1.82, 2.24) is 9.88 Å². The molecule has 1 aromatic carbocycles. The van der Waals surface area contributed by atoms with Crippen molar-refractivity contribution in [3.63, 3.8) is 0 Å². The van der Waals surface area contributed by atoms with Crippen LogP contribution in [-0.2, 0) is 6.54 Å². The molecule has 1 saturated carbocycles. The van der Waals surface area contributed by atoms with Crippen molar-refractivity contribution in [2.75, 3.05) is 13.1 Å². The summed E-state index contributed by atoms with van der Waals surface area (Å²) in [4.78, 5) is 0. The quantitative estimate of drug-likeness (QED) is 0.782. The van der Waals surface area contributed by atoms with E-state index in [1.165, 1.54) is 30.3 Å². The second-order valence-corrected chi connectivity index (χ2v) is 6.01. The first-order valence-corrected chi connectivity index (χ1v) is 7.69. The summed E-state index contributed by atoms with van der Waals surface area (Å²) in [6.07, 6.45) is 5.20. The smallest absolute Gasteiger partial charge is 0.129 e. The predicted octanol–water partition coefficient (Wildman–Crippen LogP) is 3.43. The van der Waals surface area contributed by atoms with Gasteiger partial charge in [-0.25, -0.2) is 0 Å². The van der Waals surface area contributed by atoms with Gasteiger partial charge in [0.2, 0.25) is 0 Å². The number of ether oxygens (including phenoxy) is 1. The molecule has 1 fully saturated rings. The molecule has 0 unspecified atom stereocenters. The molecule has 0 radical (unpaired) electrons. The molecule has 1 aliphatic rings. The summed E-state index contributed by atoms with van der Waals surface area (Å²) in [6.45, 7) is 7.37. The van der Waals surface area contributed by atoms with Crippen LogP contribution in [-0.4, -0.2) is 23.8 Å². The van der Waals surface area contributed by atoms with Gasteiger partial charge < -0.3 is 14.6 Å². The zero-order chi connectivity index (χ0) is 13.9. The first-order chi connectivity index (χ1) is 9.74. The van der Waals surface area contributed by atoms with Crippen molar-refractivity contribution in [2.45, 2.75) is 39.3 Å². The Morgan fingerprint density at radius 3 is 2.90 bits per heavy atom. The molecule has 1 aromatic heterocycles. The lowest BCUT2D eigenvalue weighted by Crippen LogP contribution is -2.21. The third kappa shape index (κ3) is 3.15. The third-order valence-electron chi connectivity index (χ3n) is 3.80. The fourth-order valence-corrected chi connectivity index (χ4v) is 2.57. The van der Waals surface area contributed by atoms with Crippen LogP contribution in [0.25, 0.3) is 10.9 Å². The summed E-state index contributed by atoms with van der Waals surface area (Å²) in [5.74, 6) is 1.93. The van der Waals surface area contributed by atoms with Gasteiger partial charge >= 0.3 is 0 Å². The van der Waals surface area contributed by atoms with Crippen molar-refractivity contribution < 1.29 is 4.74 Å². The van der Waals surface area contributed by atoms with Crippen molar-refractivity contribution in [2.24, 2.45) is 5.92 Å². The molecule has 3 rings (SSSR count). The van der Waals surface area contributed by atoms with E-state index in [-0.39, 0.29) is 6.10 Å². The van der Waals surface area contributed by atoms with E-state index in [4.69, 9.17) is 4.74 Å². The Kier molecular flexibility index (Phi) is 3.97. The Morgan fingerprint density at radius 2 is 2.15 bits per heavy atom. The second kappa shape index (κ2) is 5.88. The third-order valence-corrected chi connectivity index (χ3v) is 3.80. The molecule has 20 heavy (non-hydrogen) atoms. The van der Waals surface area contributed by atoms with Gasteiger partial charge in [0, 0.05) is 24.7 Å². The zero-order valence-corrected chi connectivity index (χ0v) is 12.4. The lowest BCUT2D eigenvalue weighted by molar-refractivity contribution is 0.245. The summed E-state index contributed by atoms with van der Waals surface area (Å²) in [5.41, 5.74) is 1.26. The monoisotopic (exact) mass is 272 g/mol. The van der Waals surface area contributed by atoms with Gasteiger partial charge in [0.15, 0.2) is 0 Å². The molecule has 1 N–H and O–H groups in total. The summed E-state index contributed by atoms with van der Waals surface area (Å²) in [7, 11) is 0. The van der Waals surface area contributed by atoms with E-state index in [1.54, 1.807) is 0 Å². The number of fused-ring (bicyclic) bond motifs is 1. The Labute approximate surface area is 120 Å². The average molecular weight is 272 g/mol. The van der Waals surface area contributed by atoms with Crippen LogP contribution in [0, 0.1) is 5.92 Å². The highest BCUT2D eigenvalue weighted by molar-refractivity contribution is 5.86. The number of nitrogens with one attached hydrogen (secondary N) is 1. The largest absolute Gasteiger partial charge is 0.490 e. The zero-order valence-electron chi connectivity index (χ0n) is 12.4. The van der Waals surface area contributed by atoms with E-state index in [2.05, 4.69) is 54.2 Å². The molecule has 0 atom stereocenters. The maximum absolute atomic E-state index is 5.88. The number of nitrogens with zero attached hydrogens (tertiary/aromatic N) is 1. The molecule has 0 spiro atoms. The van der Waals surface area contributed by atoms with Crippen molar-refractivity contribution in [3.05, 3.63) is 30.5 Å². The maximum atomic E-state index is 5.88. The van der Waals surface area contributed by atoms with Gasteiger partial charge in [0.05, 0.1) is 11.6 Å². The molecular weight excluding hydrogens is 248 g/mol. The Balaban J connectivity index is 1.68. The Hall–Kier alpha value is -1.48. The maximum Gasteiger partial charge on any atom is 0.129 e. The molecule has 3 heteroatoms. The average Bonchev–Trinajstić information content (AvgIpc) is 3.14. The van der Waals surface area contributed by atoms with Gasteiger partial charge in [-0.3, -0.25) is 0 Å². The van der Waals surface area contributed by atoms with Crippen LogP contribution >= 0.6 is 0 Å². The molecule has 0 amide bonds. The fourth-order valence-electron chi connectivity index (χ4n) is 2.57. The lowest BCUT2D eigenvalue weighted by Gasteiger charge is -2.11. The molecule has 3 nitrogen and oxygen atoms in total. The van der Waals surface area contributed by atoms with Gasteiger partial charge in [-0.15, -0.1) is 0 Å². The molecule has 0 bridgehead atoms. The van der Waals surface area contributed by atoms with Gasteiger partial charge in [-0.2, -0.15) is 0 Å². The molecule has 1 aliphatic carbocycles. The number of hydrogen-bond donors (Lipinski definition) is 1. The van der Waals surface area contributed by atoms with Crippen LogP contribution < -0.4 is 10.1 Å². The topological polar surface area (TPSA) is 26.2 Å². The predicted molar refractivity (Wildman–Crippen MR) is 83.3 cm³/mol. The SMILES string of the molecule is CC(C)Oc1cccc2c1ccn2CCNCC1CC1. The van der Waals surface area contributed by atoms with E-state index < -0.39 is 0 Å². The van der Waals surface area contributed by atoms with E-state index in [0.717, 1.165) is 24.8 Å². The first-order valence-electron chi connectivity index (χ1n) is 7.69. The standard InChI is InChI=1S/C17H24N2O/c1-13(2)20-17-5-3-4-16-15(17)8-10-19(16)11-9-18-12-14-6-7-14/h3-5,8,10,13-14,18H,6-7,9,11-12H2,1-2H3. The van der Waals surface area contributed by atoms with E-state index in [1.807, 2.05) is 0 Å². The van der Waals surface area contributed by atoms with Crippen LogP contribution in [0.1, 0.15) is 26.7 Å². The number of hydrogen-bond acceptors (Lipinski definition) is 2. The molecule has 0 saturated heterocycles. The minimum atomic E-state index is 0.212. The molecule has 1 heterocycles. The second-order valence-electron chi connectivity index (χ2n) is 6.01. The number of rotatable bonds is 7. The van der Waals surface area contributed by atoms with Crippen LogP contribution in [0.15, 0.2) is 30.5 Å². The van der Waals surface area contributed by atoms with E-state index in [9.17, 15) is 0 Å². The van der Waals surface area contributed by atoms with Crippen molar-refractivity contribution >= 4 is 10.9 Å². The van der Waals surface area contributed by atoms with Crippen LogP contribution in [0.2, 0.25) is 0 Å². The normalized spacial score (nSPS) is 15.2. The molecule has 0 aliphatic heterocycles. The highest BCUT2D eigenvalue weighted by Gasteiger charge is 2.20. The highest BCUT2D eigenvalue weighted by atomic mass is 16.5. The highest BCUT2D eigenvalue weighted by Crippen LogP contribution is 2.28. The molecular formula is C17H24N2O. The van der Waals surface area contributed by atoms with Crippen molar-refractivity contribution in [3.8, 4) is 5.75 Å². The number of benzene rings is 1. The molecule has 108 valence electrons. The van der Waals surface area contributed by atoms with Gasteiger partial charge in [0.1, 0.15) is 5.75 Å². The number of aromatic nitrogens is 1.